The van der Waals surface area contributed by atoms with Gasteiger partial charge in [-0.15, -0.1) is 12.4 Å². The second kappa shape index (κ2) is 10.7. The van der Waals surface area contributed by atoms with E-state index in [0.29, 0.717) is 18.9 Å². The topological polar surface area (TPSA) is 73.6 Å². The summed E-state index contributed by atoms with van der Waals surface area (Å²) in [5, 5.41) is 2.74. The number of carbonyl (C=O) groups excluding carboxylic acids is 1. The van der Waals surface area contributed by atoms with Crippen molar-refractivity contribution < 1.29 is 18.7 Å². The number of hydrogen-bond acceptors (Lipinski definition) is 4. The summed E-state index contributed by atoms with van der Waals surface area (Å²) in [6.45, 7) is 0.846. The molecule has 1 unspecified atom stereocenters. The first-order valence-electron chi connectivity index (χ1n) is 7.57. The Kier molecular flexibility index (Phi) is 8.91. The molecule has 1 amide bonds. The van der Waals surface area contributed by atoms with Gasteiger partial charge in [-0.25, -0.2) is 4.39 Å². The third-order valence-electron chi connectivity index (χ3n) is 3.37. The van der Waals surface area contributed by atoms with Gasteiger partial charge in [0, 0.05) is 13.7 Å². The number of hydrogen-bond donors (Lipinski definition) is 2. The molecule has 0 radical (unpaired) electrons. The molecular weight excluding hydrogens is 347 g/mol. The second-order valence-electron chi connectivity index (χ2n) is 5.34. The quantitative estimate of drug-likeness (QED) is 0.750. The van der Waals surface area contributed by atoms with Gasteiger partial charge >= 0.3 is 0 Å². The number of nitrogens with two attached hydrogens (primary N) is 1. The summed E-state index contributed by atoms with van der Waals surface area (Å²) in [6, 6.07) is 12.9. The number of amides is 1. The molecule has 0 heterocycles. The molecule has 0 bridgehead atoms. The third-order valence-corrected chi connectivity index (χ3v) is 3.37. The lowest BCUT2D eigenvalue weighted by atomic mass is 10.2. The Labute approximate surface area is 152 Å². The number of rotatable bonds is 8. The molecule has 0 aliphatic carbocycles. The van der Waals surface area contributed by atoms with E-state index < -0.39 is 6.04 Å². The Hall–Kier alpha value is -2.15. The normalized spacial score (nSPS) is 11.3. The Morgan fingerprint density at radius 2 is 1.92 bits per heavy atom. The lowest BCUT2D eigenvalue weighted by molar-refractivity contribution is -0.123. The van der Waals surface area contributed by atoms with Crippen LogP contribution in [0.3, 0.4) is 0 Å². The average molecular weight is 369 g/mol. The molecule has 0 saturated carbocycles. The van der Waals surface area contributed by atoms with Gasteiger partial charge in [0.25, 0.3) is 0 Å². The van der Waals surface area contributed by atoms with Crippen LogP contribution in [0.1, 0.15) is 11.1 Å². The molecule has 0 aromatic heterocycles. The summed E-state index contributed by atoms with van der Waals surface area (Å²) in [5.41, 5.74) is 7.32. The Morgan fingerprint density at radius 3 is 2.56 bits per heavy atom. The Bertz CT molecular complexity index is 668. The standard InChI is InChI=1S/C18H21FN2O3.ClH/c1-23-12-17(20)18(22)21-10-13-5-7-16(8-6-13)24-11-14-3-2-4-15(19)9-14;/h2-9,17H,10-12,20H2,1H3,(H,21,22);1H. The van der Waals surface area contributed by atoms with Crippen LogP contribution in [0.4, 0.5) is 4.39 Å². The summed E-state index contributed by atoms with van der Waals surface area (Å²) < 4.78 is 23.5. The minimum absolute atomic E-state index is 0. The SMILES string of the molecule is COCC(N)C(=O)NCc1ccc(OCc2cccc(F)c2)cc1.Cl. The van der Waals surface area contributed by atoms with Crippen molar-refractivity contribution in [2.75, 3.05) is 13.7 Å². The van der Waals surface area contributed by atoms with Crippen molar-refractivity contribution in [3.05, 3.63) is 65.5 Å². The molecule has 7 heteroatoms. The molecule has 0 aliphatic rings. The lowest BCUT2D eigenvalue weighted by Crippen LogP contribution is -2.43. The number of halogens is 2. The highest BCUT2D eigenvalue weighted by Gasteiger charge is 2.12. The second-order valence-corrected chi connectivity index (χ2v) is 5.34. The van der Waals surface area contributed by atoms with Crippen LogP contribution in [0.5, 0.6) is 5.75 Å². The van der Waals surface area contributed by atoms with E-state index in [2.05, 4.69) is 5.32 Å². The smallest absolute Gasteiger partial charge is 0.239 e. The van der Waals surface area contributed by atoms with Crippen LogP contribution < -0.4 is 15.8 Å². The first kappa shape index (κ1) is 20.9. The minimum atomic E-state index is -0.677. The highest BCUT2D eigenvalue weighted by atomic mass is 35.5. The number of benzene rings is 2. The van der Waals surface area contributed by atoms with E-state index >= 15 is 0 Å². The first-order chi connectivity index (χ1) is 11.6. The van der Waals surface area contributed by atoms with Crippen molar-refractivity contribution in [2.24, 2.45) is 5.73 Å². The largest absolute Gasteiger partial charge is 0.489 e. The number of nitrogens with one attached hydrogen (secondary N) is 1. The van der Waals surface area contributed by atoms with Crippen molar-refractivity contribution in [3.63, 3.8) is 0 Å². The van der Waals surface area contributed by atoms with Crippen LogP contribution in [0.15, 0.2) is 48.5 Å². The summed E-state index contributed by atoms with van der Waals surface area (Å²) >= 11 is 0. The molecule has 0 saturated heterocycles. The van der Waals surface area contributed by atoms with Crippen LogP contribution in [0.25, 0.3) is 0 Å². The van der Waals surface area contributed by atoms with E-state index in [-0.39, 0.29) is 30.7 Å². The zero-order valence-corrected chi connectivity index (χ0v) is 14.7. The zero-order valence-electron chi connectivity index (χ0n) is 13.9. The van der Waals surface area contributed by atoms with Gasteiger partial charge < -0.3 is 20.5 Å². The highest BCUT2D eigenvalue weighted by Crippen LogP contribution is 2.14. The first-order valence-corrected chi connectivity index (χ1v) is 7.57. The van der Waals surface area contributed by atoms with Crippen LogP contribution in [-0.2, 0) is 22.7 Å². The summed E-state index contributed by atoms with van der Waals surface area (Å²) in [7, 11) is 1.50. The van der Waals surface area contributed by atoms with Crippen molar-refractivity contribution in [3.8, 4) is 5.75 Å². The molecule has 2 aromatic rings. The van der Waals surface area contributed by atoms with E-state index in [1.807, 2.05) is 12.1 Å². The summed E-state index contributed by atoms with van der Waals surface area (Å²) in [4.78, 5) is 11.7. The van der Waals surface area contributed by atoms with Gasteiger partial charge in [0.05, 0.1) is 6.61 Å². The maximum atomic E-state index is 13.1. The maximum Gasteiger partial charge on any atom is 0.239 e. The van der Waals surface area contributed by atoms with Crippen molar-refractivity contribution in [1.29, 1.82) is 0 Å². The van der Waals surface area contributed by atoms with E-state index in [9.17, 15) is 9.18 Å². The van der Waals surface area contributed by atoms with Gasteiger partial charge in [-0.3, -0.25) is 4.79 Å². The Balaban J connectivity index is 0.00000312. The molecule has 2 aromatic carbocycles. The molecule has 136 valence electrons. The molecule has 0 aliphatic heterocycles. The maximum absolute atomic E-state index is 13.1. The van der Waals surface area contributed by atoms with Gasteiger partial charge in [0.15, 0.2) is 0 Å². The van der Waals surface area contributed by atoms with E-state index in [1.54, 1.807) is 24.3 Å². The fourth-order valence-corrected chi connectivity index (χ4v) is 2.07. The molecule has 0 spiro atoms. The van der Waals surface area contributed by atoms with Gasteiger partial charge in [-0.1, -0.05) is 24.3 Å². The third kappa shape index (κ3) is 7.09. The van der Waals surface area contributed by atoms with Gasteiger partial charge in [0.2, 0.25) is 5.91 Å². The van der Waals surface area contributed by atoms with Crippen molar-refractivity contribution >= 4 is 18.3 Å². The lowest BCUT2D eigenvalue weighted by Gasteiger charge is -2.11. The molecule has 0 fully saturated rings. The molecule has 5 nitrogen and oxygen atoms in total. The van der Waals surface area contributed by atoms with E-state index in [1.165, 1.54) is 19.2 Å². The molecule has 25 heavy (non-hydrogen) atoms. The number of ether oxygens (including phenoxy) is 2. The van der Waals surface area contributed by atoms with Crippen molar-refractivity contribution in [2.45, 2.75) is 19.2 Å². The zero-order chi connectivity index (χ0) is 17.4. The molecular formula is C18H22ClFN2O3. The molecule has 1 atom stereocenters. The Morgan fingerprint density at radius 1 is 1.20 bits per heavy atom. The van der Waals surface area contributed by atoms with E-state index in [4.69, 9.17) is 15.2 Å². The minimum Gasteiger partial charge on any atom is -0.489 e. The molecule has 2 rings (SSSR count). The van der Waals surface area contributed by atoms with Crippen LogP contribution in [0, 0.1) is 5.82 Å². The van der Waals surface area contributed by atoms with Gasteiger partial charge in [-0.05, 0) is 35.4 Å². The average Bonchev–Trinajstić information content (AvgIpc) is 2.59. The van der Waals surface area contributed by atoms with Crippen LogP contribution in [-0.4, -0.2) is 25.7 Å². The van der Waals surface area contributed by atoms with Crippen molar-refractivity contribution in [1.82, 2.24) is 5.32 Å². The number of methoxy groups -OCH3 is 1. The monoisotopic (exact) mass is 368 g/mol. The van der Waals surface area contributed by atoms with Crippen LogP contribution >= 0.6 is 12.4 Å². The number of carbonyl (C=O) groups is 1. The molecule has 3 N–H and O–H groups in total. The van der Waals surface area contributed by atoms with Gasteiger partial charge in [0.1, 0.15) is 24.2 Å². The fraction of sp³-hybridized carbons (Fsp3) is 0.278. The summed E-state index contributed by atoms with van der Waals surface area (Å²) in [6.07, 6.45) is 0. The highest BCUT2D eigenvalue weighted by molar-refractivity contribution is 5.85. The van der Waals surface area contributed by atoms with E-state index in [0.717, 1.165) is 11.1 Å². The fourth-order valence-electron chi connectivity index (χ4n) is 2.07. The van der Waals surface area contributed by atoms with Gasteiger partial charge in [-0.2, -0.15) is 0 Å². The summed E-state index contributed by atoms with van der Waals surface area (Å²) in [5.74, 6) is 0.127. The predicted octanol–water partition coefficient (Wildman–Crippen LogP) is 2.42. The van der Waals surface area contributed by atoms with Crippen LogP contribution in [0.2, 0.25) is 0 Å². The predicted molar refractivity (Wildman–Crippen MR) is 96.1 cm³/mol.